The monoisotopic (exact) mass is 297 g/mol. The van der Waals surface area contributed by atoms with Gasteiger partial charge in [0.1, 0.15) is 24.5 Å². The van der Waals surface area contributed by atoms with Crippen LogP contribution in [0.25, 0.3) is 0 Å². The summed E-state index contributed by atoms with van der Waals surface area (Å²) in [5.41, 5.74) is 0.626. The molecule has 108 valence electrons. The standard InChI is InChI=1S/C14H17ClFN3O/c1-10(2)7-19-14(17-9-18-19)8-20-13-4-3-12(16)5-11(13)6-15/h3-5,9-10H,6-8H2,1-2H3. The molecule has 0 fully saturated rings. The van der Waals surface area contributed by atoms with E-state index >= 15 is 0 Å². The van der Waals surface area contributed by atoms with Crippen LogP contribution in [0, 0.1) is 11.7 Å². The van der Waals surface area contributed by atoms with Gasteiger partial charge in [0.15, 0.2) is 5.82 Å². The SMILES string of the molecule is CC(C)Cn1ncnc1COc1ccc(F)cc1CCl. The minimum absolute atomic E-state index is 0.200. The van der Waals surface area contributed by atoms with Crippen LogP contribution in [0.3, 0.4) is 0 Å². The third-order valence-electron chi connectivity index (χ3n) is 2.76. The third kappa shape index (κ3) is 3.70. The van der Waals surface area contributed by atoms with Crippen LogP contribution in [0.1, 0.15) is 25.2 Å². The number of benzene rings is 1. The van der Waals surface area contributed by atoms with Crippen LogP contribution in [-0.4, -0.2) is 14.8 Å². The van der Waals surface area contributed by atoms with E-state index in [9.17, 15) is 4.39 Å². The number of nitrogens with zero attached hydrogens (tertiary/aromatic N) is 3. The maximum atomic E-state index is 13.1. The highest BCUT2D eigenvalue weighted by molar-refractivity contribution is 6.17. The Morgan fingerprint density at radius 1 is 1.40 bits per heavy atom. The van der Waals surface area contributed by atoms with Crippen molar-refractivity contribution >= 4 is 11.6 Å². The van der Waals surface area contributed by atoms with Crippen molar-refractivity contribution < 1.29 is 9.13 Å². The van der Waals surface area contributed by atoms with E-state index in [1.165, 1.54) is 18.5 Å². The highest BCUT2D eigenvalue weighted by atomic mass is 35.5. The predicted molar refractivity (Wildman–Crippen MR) is 75.1 cm³/mol. The normalized spacial score (nSPS) is 11.1. The largest absolute Gasteiger partial charge is 0.485 e. The zero-order chi connectivity index (χ0) is 14.5. The summed E-state index contributed by atoms with van der Waals surface area (Å²) < 4.78 is 20.6. The summed E-state index contributed by atoms with van der Waals surface area (Å²) in [4.78, 5) is 4.18. The molecule has 0 aliphatic carbocycles. The van der Waals surface area contributed by atoms with Crippen LogP contribution < -0.4 is 4.74 Å². The summed E-state index contributed by atoms with van der Waals surface area (Å²) in [5.74, 6) is 1.66. The van der Waals surface area contributed by atoms with Gasteiger partial charge in [-0.15, -0.1) is 11.6 Å². The number of rotatable bonds is 6. The number of ether oxygens (including phenoxy) is 1. The molecule has 0 radical (unpaired) electrons. The van der Waals surface area contributed by atoms with Crippen LogP contribution in [0.5, 0.6) is 5.75 Å². The first-order chi connectivity index (χ1) is 9.60. The Kier molecular flexibility index (Phi) is 4.95. The lowest BCUT2D eigenvalue weighted by atomic mass is 10.2. The molecule has 0 aliphatic heterocycles. The molecular formula is C14H17ClFN3O. The van der Waals surface area contributed by atoms with E-state index in [0.717, 1.165) is 12.4 Å². The van der Waals surface area contributed by atoms with Crippen molar-refractivity contribution in [1.29, 1.82) is 0 Å². The summed E-state index contributed by atoms with van der Waals surface area (Å²) >= 11 is 5.78. The molecule has 0 unspecified atom stereocenters. The Bertz CT molecular complexity index is 571. The minimum Gasteiger partial charge on any atom is -0.485 e. The van der Waals surface area contributed by atoms with Crippen molar-refractivity contribution in [2.24, 2.45) is 5.92 Å². The van der Waals surface area contributed by atoms with E-state index < -0.39 is 0 Å². The van der Waals surface area contributed by atoms with Gasteiger partial charge in [0, 0.05) is 12.1 Å². The van der Waals surface area contributed by atoms with E-state index in [-0.39, 0.29) is 18.3 Å². The van der Waals surface area contributed by atoms with Gasteiger partial charge in [-0.3, -0.25) is 0 Å². The van der Waals surface area contributed by atoms with Crippen molar-refractivity contribution in [2.45, 2.75) is 32.9 Å². The van der Waals surface area contributed by atoms with E-state index in [2.05, 4.69) is 23.9 Å². The molecule has 0 N–H and O–H groups in total. The molecule has 0 aliphatic rings. The van der Waals surface area contributed by atoms with Gasteiger partial charge < -0.3 is 4.74 Å². The average molecular weight is 298 g/mol. The maximum absolute atomic E-state index is 13.1. The molecule has 0 saturated heterocycles. The Hall–Kier alpha value is -1.62. The molecule has 1 aromatic heterocycles. The number of alkyl halides is 1. The Labute approximate surface area is 122 Å². The highest BCUT2D eigenvalue weighted by Crippen LogP contribution is 2.22. The fraction of sp³-hybridized carbons (Fsp3) is 0.429. The average Bonchev–Trinajstić information content (AvgIpc) is 2.83. The molecule has 0 bridgehead atoms. The molecule has 20 heavy (non-hydrogen) atoms. The van der Waals surface area contributed by atoms with Crippen LogP contribution in [0.4, 0.5) is 4.39 Å². The Balaban J connectivity index is 2.07. The van der Waals surface area contributed by atoms with Gasteiger partial charge in [-0.2, -0.15) is 5.10 Å². The molecule has 0 saturated carbocycles. The molecule has 1 heterocycles. The number of aromatic nitrogens is 3. The molecule has 0 atom stereocenters. The van der Waals surface area contributed by atoms with Gasteiger partial charge in [-0.1, -0.05) is 13.8 Å². The predicted octanol–water partition coefficient (Wildman–Crippen LogP) is 3.39. The first-order valence-electron chi connectivity index (χ1n) is 6.44. The van der Waals surface area contributed by atoms with Crippen molar-refractivity contribution in [1.82, 2.24) is 14.8 Å². The fourth-order valence-corrected chi connectivity index (χ4v) is 2.04. The van der Waals surface area contributed by atoms with Crippen LogP contribution >= 0.6 is 11.6 Å². The molecular weight excluding hydrogens is 281 g/mol. The summed E-state index contributed by atoms with van der Waals surface area (Å²) in [5, 5.41) is 4.16. The quantitative estimate of drug-likeness (QED) is 0.767. The van der Waals surface area contributed by atoms with Crippen molar-refractivity contribution in [3.63, 3.8) is 0 Å². The summed E-state index contributed by atoms with van der Waals surface area (Å²) in [6, 6.07) is 4.31. The molecule has 6 heteroatoms. The molecule has 0 spiro atoms. The molecule has 0 amide bonds. The first-order valence-corrected chi connectivity index (χ1v) is 6.97. The lowest BCUT2D eigenvalue weighted by Crippen LogP contribution is -2.12. The second-order valence-corrected chi connectivity index (χ2v) is 5.19. The van der Waals surface area contributed by atoms with Gasteiger partial charge in [0.05, 0.1) is 5.88 Å². The van der Waals surface area contributed by atoms with Crippen LogP contribution in [0.15, 0.2) is 24.5 Å². The van der Waals surface area contributed by atoms with Crippen molar-refractivity contribution in [3.8, 4) is 5.75 Å². The smallest absolute Gasteiger partial charge is 0.164 e. The second-order valence-electron chi connectivity index (χ2n) is 4.93. The van der Waals surface area contributed by atoms with Gasteiger partial charge in [0.25, 0.3) is 0 Å². The molecule has 2 aromatic rings. The fourth-order valence-electron chi connectivity index (χ4n) is 1.83. The zero-order valence-electron chi connectivity index (χ0n) is 11.5. The first kappa shape index (κ1) is 14.8. The number of halogens is 2. The minimum atomic E-state index is -0.323. The lowest BCUT2D eigenvalue weighted by Gasteiger charge is -2.11. The topological polar surface area (TPSA) is 39.9 Å². The van der Waals surface area contributed by atoms with Gasteiger partial charge in [-0.25, -0.2) is 14.1 Å². The third-order valence-corrected chi connectivity index (χ3v) is 3.05. The summed E-state index contributed by atoms with van der Waals surface area (Å²) in [6.07, 6.45) is 1.51. The highest BCUT2D eigenvalue weighted by Gasteiger charge is 2.09. The van der Waals surface area contributed by atoms with Gasteiger partial charge in [0.2, 0.25) is 0 Å². The molecule has 2 rings (SSSR count). The van der Waals surface area contributed by atoms with E-state index in [0.29, 0.717) is 17.2 Å². The number of hydrogen-bond acceptors (Lipinski definition) is 3. The van der Waals surface area contributed by atoms with E-state index in [1.807, 2.05) is 4.68 Å². The Morgan fingerprint density at radius 2 is 2.20 bits per heavy atom. The van der Waals surface area contributed by atoms with E-state index in [4.69, 9.17) is 16.3 Å². The number of hydrogen-bond donors (Lipinski definition) is 0. The van der Waals surface area contributed by atoms with Crippen molar-refractivity contribution in [3.05, 3.63) is 41.7 Å². The van der Waals surface area contributed by atoms with Gasteiger partial charge >= 0.3 is 0 Å². The maximum Gasteiger partial charge on any atom is 0.164 e. The van der Waals surface area contributed by atoms with E-state index in [1.54, 1.807) is 6.07 Å². The second kappa shape index (κ2) is 6.70. The Morgan fingerprint density at radius 3 is 2.90 bits per heavy atom. The molecule has 4 nitrogen and oxygen atoms in total. The zero-order valence-corrected chi connectivity index (χ0v) is 12.3. The lowest BCUT2D eigenvalue weighted by molar-refractivity contribution is 0.280. The van der Waals surface area contributed by atoms with Gasteiger partial charge in [-0.05, 0) is 24.1 Å². The molecule has 1 aromatic carbocycles. The summed E-state index contributed by atoms with van der Waals surface area (Å²) in [6.45, 7) is 5.28. The van der Waals surface area contributed by atoms with Crippen LogP contribution in [0.2, 0.25) is 0 Å². The summed E-state index contributed by atoms with van der Waals surface area (Å²) in [7, 11) is 0. The van der Waals surface area contributed by atoms with Crippen LogP contribution in [-0.2, 0) is 19.0 Å². The van der Waals surface area contributed by atoms with Crippen molar-refractivity contribution in [2.75, 3.05) is 0 Å².